The Labute approximate surface area is 406 Å². The molecule has 1 amide bonds. The molecule has 0 bridgehead atoms. The summed E-state index contributed by atoms with van der Waals surface area (Å²) in [6.45, 7) is 3.79. The first-order chi connectivity index (χ1) is 32.3. The number of ether oxygens (including phenoxy) is 2. The van der Waals surface area contributed by atoms with E-state index in [1.54, 1.807) is 6.08 Å². The van der Waals surface area contributed by atoms with Crippen LogP contribution in [0.25, 0.3) is 0 Å². The summed E-state index contributed by atoms with van der Waals surface area (Å²) in [6.07, 6.45) is 53.4. The maximum atomic E-state index is 13.0. The van der Waals surface area contributed by atoms with Gasteiger partial charge < -0.3 is 40.3 Å². The van der Waals surface area contributed by atoms with Gasteiger partial charge in [-0.15, -0.1) is 0 Å². The van der Waals surface area contributed by atoms with Crippen molar-refractivity contribution >= 4 is 5.91 Å². The number of hydrogen-bond acceptors (Lipinski definition) is 8. The molecular weight excluding hydrogens is 827 g/mol. The van der Waals surface area contributed by atoms with Gasteiger partial charge in [0, 0.05) is 6.42 Å². The Morgan fingerprint density at radius 1 is 0.515 bits per heavy atom. The topological polar surface area (TPSA) is 149 Å². The molecule has 9 nitrogen and oxygen atoms in total. The van der Waals surface area contributed by atoms with Gasteiger partial charge in [0.05, 0.1) is 25.4 Å². The number of nitrogens with one attached hydrogen (secondary N) is 1. The van der Waals surface area contributed by atoms with Crippen LogP contribution in [0.4, 0.5) is 0 Å². The highest BCUT2D eigenvalue weighted by Crippen LogP contribution is 2.23. The smallest absolute Gasteiger partial charge is 0.220 e. The lowest BCUT2D eigenvalue weighted by Gasteiger charge is -2.40. The van der Waals surface area contributed by atoms with Gasteiger partial charge in [0.2, 0.25) is 5.91 Å². The molecule has 1 rings (SSSR count). The third kappa shape index (κ3) is 36.4. The summed E-state index contributed by atoms with van der Waals surface area (Å²) in [5.41, 5.74) is 0. The van der Waals surface area contributed by atoms with Gasteiger partial charge in [0.15, 0.2) is 6.29 Å². The largest absolute Gasteiger partial charge is 0.394 e. The number of amides is 1. The van der Waals surface area contributed by atoms with Crippen molar-refractivity contribution in [2.45, 2.75) is 307 Å². The van der Waals surface area contributed by atoms with Crippen molar-refractivity contribution in [2.24, 2.45) is 0 Å². The van der Waals surface area contributed by atoms with Crippen LogP contribution < -0.4 is 5.32 Å². The molecule has 1 aliphatic heterocycles. The predicted molar refractivity (Wildman–Crippen MR) is 276 cm³/mol. The first-order valence-corrected chi connectivity index (χ1v) is 28.2. The van der Waals surface area contributed by atoms with E-state index in [-0.39, 0.29) is 12.5 Å². The van der Waals surface area contributed by atoms with Crippen LogP contribution in [0.15, 0.2) is 36.5 Å². The summed E-state index contributed by atoms with van der Waals surface area (Å²) in [5, 5.41) is 54.5. The highest BCUT2D eigenvalue weighted by Gasteiger charge is 2.44. The van der Waals surface area contributed by atoms with Crippen LogP contribution in [-0.2, 0) is 14.3 Å². The third-order valence-corrected chi connectivity index (χ3v) is 13.5. The fraction of sp³-hybridized carbons (Fsp3) is 0.877. The maximum Gasteiger partial charge on any atom is 0.220 e. The summed E-state index contributed by atoms with van der Waals surface area (Å²) in [4.78, 5) is 13.0. The van der Waals surface area contributed by atoms with Crippen LogP contribution in [0, 0.1) is 0 Å². The number of aliphatic hydroxyl groups is 5. The minimum Gasteiger partial charge on any atom is -0.394 e. The predicted octanol–water partition coefficient (Wildman–Crippen LogP) is 13.6. The zero-order valence-electron chi connectivity index (χ0n) is 43.0. The van der Waals surface area contributed by atoms with Crippen molar-refractivity contribution in [3.8, 4) is 0 Å². The summed E-state index contributed by atoms with van der Waals surface area (Å²) < 4.78 is 11.3. The van der Waals surface area contributed by atoms with Crippen molar-refractivity contribution in [2.75, 3.05) is 13.2 Å². The maximum absolute atomic E-state index is 13.0. The lowest BCUT2D eigenvalue weighted by atomic mass is 9.99. The number of unbranched alkanes of at least 4 members (excludes halogenated alkanes) is 34. The van der Waals surface area contributed by atoms with Crippen molar-refractivity contribution in [1.29, 1.82) is 0 Å². The Morgan fingerprint density at radius 2 is 0.894 bits per heavy atom. The van der Waals surface area contributed by atoms with Crippen LogP contribution in [0.5, 0.6) is 0 Å². The van der Waals surface area contributed by atoms with Crippen molar-refractivity contribution in [3.05, 3.63) is 36.5 Å². The molecule has 0 aliphatic carbocycles. The number of rotatable bonds is 48. The number of aliphatic hydroxyl groups excluding tert-OH is 5. The second-order valence-corrected chi connectivity index (χ2v) is 19.7. The van der Waals surface area contributed by atoms with Crippen LogP contribution in [0.2, 0.25) is 0 Å². The average molecular weight is 934 g/mol. The van der Waals surface area contributed by atoms with Crippen molar-refractivity contribution in [3.63, 3.8) is 0 Å². The summed E-state index contributed by atoms with van der Waals surface area (Å²) >= 11 is 0. The molecule has 1 aliphatic rings. The van der Waals surface area contributed by atoms with E-state index in [0.29, 0.717) is 6.42 Å². The van der Waals surface area contributed by atoms with Crippen molar-refractivity contribution in [1.82, 2.24) is 5.32 Å². The van der Waals surface area contributed by atoms with E-state index in [2.05, 4.69) is 43.5 Å². The molecule has 66 heavy (non-hydrogen) atoms. The second kappa shape index (κ2) is 47.1. The van der Waals surface area contributed by atoms with E-state index >= 15 is 0 Å². The van der Waals surface area contributed by atoms with Crippen LogP contribution >= 0.6 is 0 Å². The van der Waals surface area contributed by atoms with Crippen LogP contribution in [0.1, 0.15) is 264 Å². The Kier molecular flexibility index (Phi) is 44.6. The molecule has 6 N–H and O–H groups in total. The molecule has 1 fully saturated rings. The second-order valence-electron chi connectivity index (χ2n) is 19.7. The van der Waals surface area contributed by atoms with E-state index in [0.717, 1.165) is 44.9 Å². The van der Waals surface area contributed by atoms with E-state index < -0.39 is 49.5 Å². The van der Waals surface area contributed by atoms with Crippen LogP contribution in [0.3, 0.4) is 0 Å². The number of allylic oxidation sites excluding steroid dienone is 5. The Bertz CT molecular complexity index is 1130. The lowest BCUT2D eigenvalue weighted by molar-refractivity contribution is -0.302. The molecule has 7 atom stereocenters. The van der Waals surface area contributed by atoms with Gasteiger partial charge in [-0.1, -0.05) is 243 Å². The minimum atomic E-state index is -1.57. The fourth-order valence-corrected chi connectivity index (χ4v) is 8.95. The highest BCUT2D eigenvalue weighted by atomic mass is 16.7. The van der Waals surface area contributed by atoms with Gasteiger partial charge in [-0.2, -0.15) is 0 Å². The van der Waals surface area contributed by atoms with Gasteiger partial charge in [-0.25, -0.2) is 0 Å². The van der Waals surface area contributed by atoms with Crippen LogP contribution in [-0.4, -0.2) is 87.5 Å². The van der Waals surface area contributed by atoms with Gasteiger partial charge >= 0.3 is 0 Å². The lowest BCUT2D eigenvalue weighted by Crippen LogP contribution is -2.60. The van der Waals surface area contributed by atoms with E-state index in [9.17, 15) is 30.3 Å². The molecule has 0 aromatic heterocycles. The summed E-state index contributed by atoms with van der Waals surface area (Å²) in [5.74, 6) is -0.179. The molecule has 0 spiro atoms. The number of hydrogen-bond donors (Lipinski definition) is 6. The molecule has 9 heteroatoms. The molecule has 0 saturated carbocycles. The molecule has 7 unspecified atom stereocenters. The molecule has 1 saturated heterocycles. The zero-order chi connectivity index (χ0) is 48.0. The highest BCUT2D eigenvalue weighted by molar-refractivity contribution is 5.76. The van der Waals surface area contributed by atoms with Gasteiger partial charge in [-0.3, -0.25) is 4.79 Å². The molecule has 0 radical (unpaired) electrons. The Balaban J connectivity index is 2.25. The van der Waals surface area contributed by atoms with Gasteiger partial charge in [-0.05, 0) is 51.4 Å². The zero-order valence-corrected chi connectivity index (χ0v) is 43.0. The van der Waals surface area contributed by atoms with Gasteiger partial charge in [0.25, 0.3) is 0 Å². The van der Waals surface area contributed by atoms with E-state index in [1.165, 1.54) is 199 Å². The SMILES string of the molecule is CCCCCCC/C=C\C/C=C\CCCCCCCCCCCC(=O)NC(COC1OC(CO)C(O)C(O)C1O)C(O)/C=C/CCCCCCCCCCCCCCCCCCCCCC. The third-order valence-electron chi connectivity index (χ3n) is 13.5. The van der Waals surface area contributed by atoms with Gasteiger partial charge in [0.1, 0.15) is 24.4 Å². The molecule has 388 valence electrons. The molecular formula is C57H107NO8. The van der Waals surface area contributed by atoms with Crippen molar-refractivity contribution < 1.29 is 39.8 Å². The Hall–Kier alpha value is -1.59. The fourth-order valence-electron chi connectivity index (χ4n) is 8.95. The first-order valence-electron chi connectivity index (χ1n) is 28.2. The minimum absolute atomic E-state index is 0.179. The normalized spacial score (nSPS) is 20.0. The molecule has 0 aromatic rings. The molecule has 1 heterocycles. The quantitative estimate of drug-likeness (QED) is 0.0261. The summed E-state index contributed by atoms with van der Waals surface area (Å²) in [7, 11) is 0. The Morgan fingerprint density at radius 3 is 1.30 bits per heavy atom. The standard InChI is InChI=1S/C57H107NO8/c1-3-5-7-9-11-13-15-17-19-21-23-25-27-28-30-32-34-36-38-40-42-44-46-51(60)50(49-65-57-56(64)55(63)54(62)52(48-59)66-57)58-53(61)47-45-43-41-39-37-35-33-31-29-26-24-22-20-18-16-14-12-10-8-6-4-2/h16,18,22,24,44,46,50-52,54-57,59-60,62-64H,3-15,17,19-21,23,25-43,45,47-49H2,1-2H3,(H,58,61)/b18-16-,24-22-,46-44+. The van der Waals surface area contributed by atoms with E-state index in [4.69, 9.17) is 9.47 Å². The number of carbonyl (C=O) groups excluding carboxylic acids is 1. The van der Waals surface area contributed by atoms with E-state index in [1.807, 2.05) is 6.08 Å². The average Bonchev–Trinajstić information content (AvgIpc) is 3.32. The summed E-state index contributed by atoms with van der Waals surface area (Å²) in [6, 6.07) is -0.807. The monoisotopic (exact) mass is 934 g/mol. The first kappa shape index (κ1) is 62.4. The number of carbonyl (C=O) groups is 1. The molecule has 0 aromatic carbocycles.